The summed E-state index contributed by atoms with van der Waals surface area (Å²) >= 11 is 13.3. The molecule has 2 aromatic carbocycles. The van der Waals surface area contributed by atoms with E-state index in [0.717, 1.165) is 32.2 Å². The van der Waals surface area contributed by atoms with Crippen LogP contribution in [0.25, 0.3) is 0 Å². The first-order valence-electron chi connectivity index (χ1n) is 9.12. The first kappa shape index (κ1) is 21.3. The Labute approximate surface area is 187 Å². The predicted octanol–water partition coefficient (Wildman–Crippen LogP) is 5.37. The highest BCUT2D eigenvalue weighted by atomic mass is 79.9. The first-order valence-corrected chi connectivity index (χ1v) is 11.1. The Morgan fingerprint density at radius 2 is 2.00 bits per heavy atom. The van der Waals surface area contributed by atoms with Crippen LogP contribution in [0.1, 0.15) is 36.5 Å². The van der Waals surface area contributed by atoms with Gasteiger partial charge in [0.25, 0.3) is 0 Å². The van der Waals surface area contributed by atoms with Gasteiger partial charge >= 0.3 is 0 Å². The number of nitrogens with one attached hydrogen (secondary N) is 1. The number of aliphatic imine (C=N–C) groups is 1. The smallest absolute Gasteiger partial charge is 0.219 e. The van der Waals surface area contributed by atoms with Crippen LogP contribution in [0.2, 0.25) is 5.02 Å². The molecule has 3 N–H and O–H groups in total. The van der Waals surface area contributed by atoms with Gasteiger partial charge in [-0.2, -0.15) is 0 Å². The zero-order valence-electron chi connectivity index (χ0n) is 15.7. The highest BCUT2D eigenvalue weighted by molar-refractivity contribution is 9.11. The fourth-order valence-corrected chi connectivity index (χ4v) is 5.04. The van der Waals surface area contributed by atoms with Crippen molar-refractivity contribution < 1.29 is 4.79 Å². The first-order chi connectivity index (χ1) is 13.3. The summed E-state index contributed by atoms with van der Waals surface area (Å²) in [6, 6.07) is 9.79. The van der Waals surface area contributed by atoms with Gasteiger partial charge in [-0.1, -0.05) is 30.7 Å². The van der Waals surface area contributed by atoms with Crippen LogP contribution in [0.4, 0.5) is 5.69 Å². The topological polar surface area (TPSA) is 67.5 Å². The Bertz CT molecular complexity index is 928. The van der Waals surface area contributed by atoms with E-state index in [-0.39, 0.29) is 17.9 Å². The minimum absolute atomic E-state index is 0.0299. The number of rotatable bonds is 4. The Morgan fingerprint density at radius 1 is 1.32 bits per heavy atom. The van der Waals surface area contributed by atoms with Crippen LogP contribution in [0.3, 0.4) is 0 Å². The van der Waals surface area contributed by atoms with E-state index in [9.17, 15) is 4.79 Å². The van der Waals surface area contributed by atoms with Crippen LogP contribution in [0.15, 0.2) is 44.3 Å². The summed E-state index contributed by atoms with van der Waals surface area (Å²) in [6.07, 6.45) is 2.00. The van der Waals surface area contributed by atoms with Crippen LogP contribution < -0.4 is 11.1 Å². The largest absolute Gasteiger partial charge is 0.397 e. The zero-order valence-corrected chi connectivity index (χ0v) is 19.7. The number of anilines is 1. The fraction of sp³-hybridized carbons (Fsp3) is 0.333. The van der Waals surface area contributed by atoms with E-state index in [0.29, 0.717) is 23.6 Å². The van der Waals surface area contributed by atoms with Gasteiger partial charge in [0.2, 0.25) is 5.91 Å². The number of amides is 1. The number of carbonyl (C=O) groups is 1. The van der Waals surface area contributed by atoms with Gasteiger partial charge in [-0.05, 0) is 74.4 Å². The minimum Gasteiger partial charge on any atom is -0.397 e. The minimum atomic E-state index is 0.0299. The summed E-state index contributed by atoms with van der Waals surface area (Å²) in [6.45, 7) is 2.19. The van der Waals surface area contributed by atoms with Crippen molar-refractivity contribution in [2.45, 2.75) is 32.2 Å². The zero-order chi connectivity index (χ0) is 20.4. The number of fused-ring (bicyclic) bond motifs is 1. The van der Waals surface area contributed by atoms with E-state index in [4.69, 9.17) is 22.3 Å². The van der Waals surface area contributed by atoms with Crippen LogP contribution in [-0.4, -0.2) is 24.7 Å². The molecule has 0 saturated heterocycles. The number of carbonyl (C=O) groups excluding carboxylic acids is 1. The molecule has 2 aromatic rings. The number of nitrogen functional groups attached to an aromatic ring is 1. The van der Waals surface area contributed by atoms with Crippen molar-refractivity contribution in [3.63, 3.8) is 0 Å². The summed E-state index contributed by atoms with van der Waals surface area (Å²) in [5, 5.41) is 3.37. The van der Waals surface area contributed by atoms with Crippen LogP contribution in [0.5, 0.6) is 0 Å². The second-order valence-electron chi connectivity index (χ2n) is 7.07. The van der Waals surface area contributed by atoms with Gasteiger partial charge < -0.3 is 11.1 Å². The van der Waals surface area contributed by atoms with Crippen molar-refractivity contribution in [3.8, 4) is 0 Å². The molecule has 0 spiro atoms. The molecule has 0 radical (unpaired) electrons. The van der Waals surface area contributed by atoms with Gasteiger partial charge in [0.05, 0.1) is 21.9 Å². The molecule has 148 valence electrons. The molecule has 1 aliphatic rings. The molecular weight excluding hydrogens is 506 g/mol. The molecule has 2 unspecified atom stereocenters. The lowest BCUT2D eigenvalue weighted by molar-refractivity contribution is -0.120. The molecule has 0 bridgehead atoms. The van der Waals surface area contributed by atoms with Crippen molar-refractivity contribution in [2.24, 2.45) is 10.9 Å². The van der Waals surface area contributed by atoms with Crippen molar-refractivity contribution >= 4 is 60.8 Å². The summed E-state index contributed by atoms with van der Waals surface area (Å²) in [4.78, 5) is 16.9. The molecule has 1 aliphatic heterocycles. The van der Waals surface area contributed by atoms with Gasteiger partial charge in [-0.3, -0.25) is 9.79 Å². The molecule has 28 heavy (non-hydrogen) atoms. The molecule has 0 fully saturated rings. The molecule has 0 aliphatic carbocycles. The normalized spacial score (nSPS) is 18.8. The lowest BCUT2D eigenvalue weighted by atomic mass is 9.90. The fourth-order valence-electron chi connectivity index (χ4n) is 3.52. The molecule has 0 saturated carbocycles. The maximum atomic E-state index is 11.8. The molecule has 1 heterocycles. The average molecular weight is 528 g/mol. The lowest BCUT2D eigenvalue weighted by Gasteiger charge is -2.18. The maximum absolute atomic E-state index is 11.8. The van der Waals surface area contributed by atoms with Crippen LogP contribution in [0, 0.1) is 5.92 Å². The highest BCUT2D eigenvalue weighted by Crippen LogP contribution is 2.39. The standard InChI is InChI=1S/C21H22Br2ClN3O/c1-11-9-13-10-15(22)20(25)19(23)18(13)21(12-3-5-14(24)6-4-12)27-16(11)7-8-17(28)26-2/h3-6,10-11,16H,7-9,25H2,1-2H3,(H,26,28). The average Bonchev–Trinajstić information content (AvgIpc) is 2.81. The monoisotopic (exact) mass is 525 g/mol. The number of nitrogens with two attached hydrogens (primary N) is 1. The van der Waals surface area contributed by atoms with Crippen molar-refractivity contribution in [3.05, 3.63) is 61.0 Å². The summed E-state index contributed by atoms with van der Waals surface area (Å²) in [7, 11) is 1.66. The van der Waals surface area contributed by atoms with E-state index in [1.807, 2.05) is 24.3 Å². The quantitative estimate of drug-likeness (QED) is 0.525. The van der Waals surface area contributed by atoms with Crippen LogP contribution in [-0.2, 0) is 11.2 Å². The number of halogens is 3. The van der Waals surface area contributed by atoms with Gasteiger partial charge in [-0.25, -0.2) is 0 Å². The lowest BCUT2D eigenvalue weighted by Crippen LogP contribution is -2.23. The number of nitrogens with zero attached hydrogens (tertiary/aromatic N) is 1. The highest BCUT2D eigenvalue weighted by Gasteiger charge is 2.28. The van der Waals surface area contributed by atoms with Crippen molar-refractivity contribution in [1.82, 2.24) is 5.32 Å². The SMILES string of the molecule is CNC(=O)CCC1N=C(c2ccc(Cl)cc2)c2c(cc(Br)c(N)c2Br)CC1C. The molecule has 7 heteroatoms. The van der Waals surface area contributed by atoms with E-state index in [2.05, 4.69) is 50.2 Å². The van der Waals surface area contributed by atoms with Crippen molar-refractivity contribution in [1.29, 1.82) is 0 Å². The predicted molar refractivity (Wildman–Crippen MR) is 123 cm³/mol. The molecule has 1 amide bonds. The third-order valence-electron chi connectivity index (χ3n) is 5.13. The third kappa shape index (κ3) is 4.44. The Kier molecular flexibility index (Phi) is 6.84. The molecule has 0 aromatic heterocycles. The van der Waals surface area contributed by atoms with E-state index in [1.165, 1.54) is 5.56 Å². The van der Waals surface area contributed by atoms with E-state index >= 15 is 0 Å². The molecule has 3 rings (SSSR count). The Balaban J connectivity index is 2.15. The third-order valence-corrected chi connectivity index (χ3v) is 6.86. The van der Waals surface area contributed by atoms with E-state index in [1.54, 1.807) is 7.05 Å². The Hall–Kier alpha value is -1.37. The molecule has 4 nitrogen and oxygen atoms in total. The second-order valence-corrected chi connectivity index (χ2v) is 9.15. The second kappa shape index (κ2) is 8.97. The van der Waals surface area contributed by atoms with E-state index < -0.39 is 0 Å². The van der Waals surface area contributed by atoms with Gasteiger partial charge in [0.15, 0.2) is 0 Å². The summed E-state index contributed by atoms with van der Waals surface area (Å²) in [5.74, 6) is 0.320. The van der Waals surface area contributed by atoms with Crippen LogP contribution >= 0.6 is 43.5 Å². The number of hydrogen-bond donors (Lipinski definition) is 2. The van der Waals surface area contributed by atoms with Gasteiger partial charge in [-0.15, -0.1) is 0 Å². The van der Waals surface area contributed by atoms with Gasteiger partial charge in [0.1, 0.15) is 0 Å². The molecular formula is C21H22Br2ClN3O. The number of benzene rings is 2. The number of hydrogen-bond acceptors (Lipinski definition) is 3. The Morgan fingerprint density at radius 3 is 2.64 bits per heavy atom. The summed E-state index contributed by atoms with van der Waals surface area (Å²) in [5.41, 5.74) is 11.0. The summed E-state index contributed by atoms with van der Waals surface area (Å²) < 4.78 is 1.70. The molecule has 2 atom stereocenters. The van der Waals surface area contributed by atoms with Gasteiger partial charge in [0, 0.05) is 34.1 Å². The maximum Gasteiger partial charge on any atom is 0.219 e. The van der Waals surface area contributed by atoms with Crippen molar-refractivity contribution in [2.75, 3.05) is 12.8 Å².